The number of nitrogens with one attached hydrogen (secondary N) is 1. The van der Waals surface area contributed by atoms with Gasteiger partial charge >= 0.3 is 5.97 Å². The minimum absolute atomic E-state index is 0.275. The Morgan fingerprint density at radius 1 is 1.05 bits per heavy atom. The summed E-state index contributed by atoms with van der Waals surface area (Å²) in [7, 11) is 0. The van der Waals surface area contributed by atoms with E-state index in [0.29, 0.717) is 0 Å². The van der Waals surface area contributed by atoms with Crippen molar-refractivity contribution in [3.63, 3.8) is 0 Å². The zero-order valence-corrected chi connectivity index (χ0v) is 11.8. The highest BCUT2D eigenvalue weighted by Crippen LogP contribution is 2.27. The van der Waals surface area contributed by atoms with Crippen LogP contribution in [0.4, 0.5) is 5.69 Å². The maximum absolute atomic E-state index is 10.8. The summed E-state index contributed by atoms with van der Waals surface area (Å²) in [6.07, 6.45) is 1.77. The van der Waals surface area contributed by atoms with E-state index in [-0.39, 0.29) is 5.56 Å². The molecule has 0 amide bonds. The van der Waals surface area contributed by atoms with Crippen LogP contribution < -0.4 is 4.72 Å². The molecule has 0 bridgehead atoms. The molecule has 2 N–H and O–H groups in total. The van der Waals surface area contributed by atoms with Crippen LogP contribution in [0.5, 0.6) is 0 Å². The first-order valence-corrected chi connectivity index (χ1v) is 7.16. The lowest BCUT2D eigenvalue weighted by molar-refractivity contribution is 0.0697. The molecule has 0 saturated heterocycles. The van der Waals surface area contributed by atoms with E-state index in [1.165, 1.54) is 11.9 Å². The second kappa shape index (κ2) is 5.85. The number of rotatable bonds is 4. The van der Waals surface area contributed by atoms with Crippen molar-refractivity contribution in [2.75, 3.05) is 4.72 Å². The average Bonchev–Trinajstić information content (AvgIpc) is 2.53. The van der Waals surface area contributed by atoms with Crippen LogP contribution in [0.2, 0.25) is 0 Å². The van der Waals surface area contributed by atoms with Crippen LogP contribution in [0.3, 0.4) is 0 Å². The van der Waals surface area contributed by atoms with Crippen molar-refractivity contribution >= 4 is 34.5 Å². The minimum atomic E-state index is -0.924. The highest BCUT2D eigenvalue weighted by Gasteiger charge is 2.04. The Balaban J connectivity index is 1.79. The van der Waals surface area contributed by atoms with E-state index in [0.717, 1.165) is 21.5 Å². The molecule has 5 heteroatoms. The van der Waals surface area contributed by atoms with Gasteiger partial charge in [0.1, 0.15) is 0 Å². The summed E-state index contributed by atoms with van der Waals surface area (Å²) in [5.74, 6) is -0.924. The van der Waals surface area contributed by atoms with Crippen molar-refractivity contribution < 1.29 is 9.90 Å². The fraction of sp³-hybridized carbons (Fsp3) is 0. The molecule has 4 nitrogen and oxygen atoms in total. The molecular formula is C16H12N2O2S. The molecule has 0 radical (unpaired) electrons. The van der Waals surface area contributed by atoms with Gasteiger partial charge in [-0.25, -0.2) is 4.79 Å². The number of benzene rings is 2. The van der Waals surface area contributed by atoms with Gasteiger partial charge < -0.3 is 9.83 Å². The molecule has 0 aliphatic heterocycles. The van der Waals surface area contributed by atoms with E-state index in [4.69, 9.17) is 5.11 Å². The Hall–Kier alpha value is -2.53. The van der Waals surface area contributed by atoms with E-state index in [2.05, 4.69) is 9.71 Å². The van der Waals surface area contributed by atoms with Gasteiger partial charge in [-0.15, -0.1) is 0 Å². The number of nitrogens with zero attached hydrogens (tertiary/aromatic N) is 1. The lowest BCUT2D eigenvalue weighted by atomic mass is 10.2. The largest absolute Gasteiger partial charge is 0.478 e. The van der Waals surface area contributed by atoms with E-state index in [1.54, 1.807) is 30.5 Å². The maximum Gasteiger partial charge on any atom is 0.335 e. The van der Waals surface area contributed by atoms with Gasteiger partial charge in [-0.2, -0.15) is 0 Å². The molecule has 0 aliphatic rings. The number of carboxylic acid groups (broad SMARTS) is 1. The summed E-state index contributed by atoms with van der Waals surface area (Å²) in [6, 6.07) is 16.6. The molecule has 3 aromatic rings. The molecule has 2 aromatic carbocycles. The van der Waals surface area contributed by atoms with Crippen molar-refractivity contribution in [2.24, 2.45) is 0 Å². The number of aromatic carboxylic acids is 1. The number of anilines is 1. The van der Waals surface area contributed by atoms with Gasteiger partial charge in [0.25, 0.3) is 0 Å². The van der Waals surface area contributed by atoms with Crippen LogP contribution in [0.15, 0.2) is 65.7 Å². The molecule has 0 aliphatic carbocycles. The Labute approximate surface area is 126 Å². The molecule has 1 heterocycles. The van der Waals surface area contributed by atoms with Crippen molar-refractivity contribution in [1.82, 2.24) is 4.98 Å². The van der Waals surface area contributed by atoms with E-state index < -0.39 is 5.97 Å². The van der Waals surface area contributed by atoms with Crippen LogP contribution in [0, 0.1) is 0 Å². The van der Waals surface area contributed by atoms with Gasteiger partial charge in [0, 0.05) is 17.3 Å². The molecule has 3 rings (SSSR count). The van der Waals surface area contributed by atoms with Gasteiger partial charge in [0.15, 0.2) is 0 Å². The van der Waals surface area contributed by atoms with Gasteiger partial charge in [0.05, 0.1) is 16.0 Å². The number of hydrogen-bond donors (Lipinski definition) is 2. The number of hydrogen-bond acceptors (Lipinski definition) is 4. The van der Waals surface area contributed by atoms with E-state index in [9.17, 15) is 4.79 Å². The van der Waals surface area contributed by atoms with Crippen molar-refractivity contribution in [3.8, 4) is 0 Å². The van der Waals surface area contributed by atoms with Gasteiger partial charge in [-0.05, 0) is 48.3 Å². The summed E-state index contributed by atoms with van der Waals surface area (Å²) in [5.41, 5.74) is 2.06. The summed E-state index contributed by atoms with van der Waals surface area (Å²) >= 11 is 1.46. The molecule has 0 spiro atoms. The molecular weight excluding hydrogens is 284 g/mol. The fourth-order valence-corrected chi connectivity index (χ4v) is 2.73. The number of carbonyl (C=O) groups is 1. The van der Waals surface area contributed by atoms with Crippen LogP contribution >= 0.6 is 11.9 Å². The third-order valence-corrected chi connectivity index (χ3v) is 3.89. The zero-order valence-electron chi connectivity index (χ0n) is 11.0. The van der Waals surface area contributed by atoms with Crippen LogP contribution in [0.25, 0.3) is 10.9 Å². The topological polar surface area (TPSA) is 62.2 Å². The Morgan fingerprint density at radius 3 is 2.57 bits per heavy atom. The zero-order chi connectivity index (χ0) is 14.7. The smallest absolute Gasteiger partial charge is 0.335 e. The summed E-state index contributed by atoms with van der Waals surface area (Å²) in [6.45, 7) is 0. The third-order valence-electron chi connectivity index (χ3n) is 3.01. The van der Waals surface area contributed by atoms with Gasteiger partial charge in [0.2, 0.25) is 0 Å². The SMILES string of the molecule is O=C(O)c1ccc(NSc2cccc3cccnc23)cc1. The molecule has 0 unspecified atom stereocenters. The Bertz CT molecular complexity index is 782. The van der Waals surface area contributed by atoms with E-state index in [1.807, 2.05) is 30.3 Å². The normalized spacial score (nSPS) is 10.5. The second-order valence-corrected chi connectivity index (χ2v) is 5.27. The first-order valence-electron chi connectivity index (χ1n) is 6.34. The first kappa shape index (κ1) is 13.5. The number of para-hydroxylation sites is 1. The van der Waals surface area contributed by atoms with E-state index >= 15 is 0 Å². The quantitative estimate of drug-likeness (QED) is 0.711. The summed E-state index contributed by atoms with van der Waals surface area (Å²) < 4.78 is 3.20. The average molecular weight is 296 g/mol. The molecule has 0 saturated carbocycles. The lowest BCUT2D eigenvalue weighted by Gasteiger charge is -2.07. The van der Waals surface area contributed by atoms with Gasteiger partial charge in [-0.1, -0.05) is 18.2 Å². The minimum Gasteiger partial charge on any atom is -0.478 e. The second-order valence-electron chi connectivity index (χ2n) is 4.42. The Kier molecular flexibility index (Phi) is 3.75. The third kappa shape index (κ3) is 2.98. The van der Waals surface area contributed by atoms with Crippen molar-refractivity contribution in [2.45, 2.75) is 4.90 Å². The lowest BCUT2D eigenvalue weighted by Crippen LogP contribution is -1.96. The highest BCUT2D eigenvalue weighted by molar-refractivity contribution is 8.00. The summed E-state index contributed by atoms with van der Waals surface area (Å²) in [5, 5.41) is 9.96. The number of aromatic nitrogens is 1. The van der Waals surface area contributed by atoms with Crippen molar-refractivity contribution in [1.29, 1.82) is 0 Å². The van der Waals surface area contributed by atoms with Crippen LogP contribution in [0.1, 0.15) is 10.4 Å². The molecule has 0 fully saturated rings. The monoisotopic (exact) mass is 296 g/mol. The molecule has 21 heavy (non-hydrogen) atoms. The maximum atomic E-state index is 10.8. The number of carboxylic acids is 1. The van der Waals surface area contributed by atoms with Crippen LogP contribution in [-0.2, 0) is 0 Å². The first-order chi connectivity index (χ1) is 10.2. The highest BCUT2D eigenvalue weighted by atomic mass is 32.2. The standard InChI is InChI=1S/C16H12N2O2S/c19-16(20)12-6-8-13(9-7-12)18-21-14-5-1-3-11-4-2-10-17-15(11)14/h1-10,18H,(H,19,20). The predicted molar refractivity (Wildman–Crippen MR) is 84.6 cm³/mol. The Morgan fingerprint density at radius 2 is 1.81 bits per heavy atom. The fourth-order valence-electron chi connectivity index (χ4n) is 1.95. The number of pyridine rings is 1. The molecule has 0 atom stereocenters. The van der Waals surface area contributed by atoms with Gasteiger partial charge in [-0.3, -0.25) is 4.98 Å². The molecule has 104 valence electrons. The summed E-state index contributed by atoms with van der Waals surface area (Å²) in [4.78, 5) is 16.2. The molecule has 1 aromatic heterocycles. The predicted octanol–water partition coefficient (Wildman–Crippen LogP) is 4.05. The van der Waals surface area contributed by atoms with Crippen LogP contribution in [-0.4, -0.2) is 16.1 Å². The number of fused-ring (bicyclic) bond motifs is 1. The van der Waals surface area contributed by atoms with Crippen molar-refractivity contribution in [3.05, 3.63) is 66.4 Å².